The third kappa shape index (κ3) is 2.18. The molecule has 0 aromatic rings. The van der Waals surface area contributed by atoms with E-state index in [4.69, 9.17) is 9.47 Å². The highest BCUT2D eigenvalue weighted by atomic mass is 16.7. The molecule has 114 valence electrons. The van der Waals surface area contributed by atoms with E-state index in [1.807, 2.05) is 0 Å². The van der Waals surface area contributed by atoms with E-state index in [-0.39, 0.29) is 35.6 Å². The minimum atomic E-state index is -0.293. The minimum Gasteiger partial charge on any atom is -0.435 e. The van der Waals surface area contributed by atoms with E-state index in [2.05, 4.69) is 34.6 Å². The van der Waals surface area contributed by atoms with Crippen molar-refractivity contribution in [1.29, 1.82) is 0 Å². The number of esters is 1. The van der Waals surface area contributed by atoms with Crippen molar-refractivity contribution in [2.24, 2.45) is 35.0 Å². The van der Waals surface area contributed by atoms with Gasteiger partial charge < -0.3 is 9.47 Å². The third-order valence-corrected chi connectivity index (χ3v) is 5.96. The molecule has 0 aromatic carbocycles. The van der Waals surface area contributed by atoms with Crippen LogP contribution in [0.2, 0.25) is 0 Å². The van der Waals surface area contributed by atoms with Gasteiger partial charge in [-0.2, -0.15) is 0 Å². The van der Waals surface area contributed by atoms with Gasteiger partial charge in [0.05, 0.1) is 12.0 Å². The van der Waals surface area contributed by atoms with Crippen molar-refractivity contribution in [2.75, 3.05) is 0 Å². The topological polar surface area (TPSA) is 35.5 Å². The lowest BCUT2D eigenvalue weighted by Gasteiger charge is -2.38. The van der Waals surface area contributed by atoms with E-state index in [1.165, 1.54) is 12.8 Å². The summed E-state index contributed by atoms with van der Waals surface area (Å²) in [5.41, 5.74) is 0.0770. The first-order valence-corrected chi connectivity index (χ1v) is 8.18. The molecule has 0 aromatic heterocycles. The maximum Gasteiger partial charge on any atom is 0.312 e. The van der Waals surface area contributed by atoms with Crippen molar-refractivity contribution >= 4 is 5.97 Å². The zero-order chi connectivity index (χ0) is 14.7. The van der Waals surface area contributed by atoms with Gasteiger partial charge in [0.1, 0.15) is 0 Å². The van der Waals surface area contributed by atoms with E-state index >= 15 is 0 Å². The Kier molecular flexibility index (Phi) is 3.39. The van der Waals surface area contributed by atoms with Crippen molar-refractivity contribution < 1.29 is 14.3 Å². The Morgan fingerprint density at radius 1 is 1.30 bits per heavy atom. The molecule has 0 radical (unpaired) electrons. The van der Waals surface area contributed by atoms with Gasteiger partial charge in [-0.1, -0.05) is 41.0 Å². The predicted molar refractivity (Wildman–Crippen MR) is 76.9 cm³/mol. The molecule has 6 atom stereocenters. The summed E-state index contributed by atoms with van der Waals surface area (Å²) in [6.07, 6.45) is 3.60. The Bertz CT molecular complexity index is 401. The monoisotopic (exact) mass is 280 g/mol. The number of carbonyl (C=O) groups excluding carboxylic acids is 1. The van der Waals surface area contributed by atoms with Crippen molar-refractivity contribution in [1.82, 2.24) is 0 Å². The molecule has 3 fully saturated rings. The molecule has 0 unspecified atom stereocenters. The predicted octanol–water partition coefficient (Wildman–Crippen LogP) is 3.62. The Morgan fingerprint density at radius 2 is 2.00 bits per heavy atom. The van der Waals surface area contributed by atoms with Crippen molar-refractivity contribution in [3.05, 3.63) is 0 Å². The first-order chi connectivity index (χ1) is 9.32. The van der Waals surface area contributed by atoms with Crippen LogP contribution in [-0.2, 0) is 14.3 Å². The quantitative estimate of drug-likeness (QED) is 0.741. The average Bonchev–Trinajstić information content (AvgIpc) is 2.72. The maximum absolute atomic E-state index is 11.9. The molecule has 0 spiro atoms. The first-order valence-electron chi connectivity index (χ1n) is 8.18. The SMILES string of the molecule is CC(C)[C@@H]1CC[C@@H](C)C[C@H]1O[C@H]1OC(=O)[C@@H]2[C@H]1C2(C)C. The summed E-state index contributed by atoms with van der Waals surface area (Å²) in [6.45, 7) is 11.2. The molecule has 1 heterocycles. The van der Waals surface area contributed by atoms with Gasteiger partial charge in [-0.15, -0.1) is 0 Å². The van der Waals surface area contributed by atoms with Gasteiger partial charge in [0.2, 0.25) is 6.29 Å². The standard InChI is InChI=1S/C17H28O3/c1-9(2)11-7-6-10(3)8-12(11)19-16-14-13(15(18)20-16)17(14,4)5/h9-14,16H,6-8H2,1-5H3/t10-,11+,12-,13+,14-,16+/m1/s1. The number of rotatable bonds is 3. The summed E-state index contributed by atoms with van der Waals surface area (Å²) >= 11 is 0. The molecule has 3 rings (SSSR count). The average molecular weight is 280 g/mol. The van der Waals surface area contributed by atoms with Gasteiger partial charge in [-0.3, -0.25) is 4.79 Å². The lowest BCUT2D eigenvalue weighted by atomic mass is 9.75. The van der Waals surface area contributed by atoms with E-state index in [1.54, 1.807) is 0 Å². The van der Waals surface area contributed by atoms with Gasteiger partial charge >= 0.3 is 5.97 Å². The molecule has 3 heteroatoms. The van der Waals surface area contributed by atoms with Crippen molar-refractivity contribution in [3.8, 4) is 0 Å². The molecule has 0 N–H and O–H groups in total. The van der Waals surface area contributed by atoms with E-state index < -0.39 is 0 Å². The lowest BCUT2D eigenvalue weighted by Crippen LogP contribution is -2.38. The highest BCUT2D eigenvalue weighted by molar-refractivity contribution is 5.80. The Hall–Kier alpha value is -0.570. The third-order valence-electron chi connectivity index (χ3n) is 5.96. The zero-order valence-electron chi connectivity index (χ0n) is 13.4. The molecule has 0 bridgehead atoms. The second kappa shape index (κ2) is 4.72. The molecule has 20 heavy (non-hydrogen) atoms. The first kappa shape index (κ1) is 14.4. The zero-order valence-corrected chi connectivity index (χ0v) is 13.4. The number of fused-ring (bicyclic) bond motifs is 1. The lowest BCUT2D eigenvalue weighted by molar-refractivity contribution is -0.201. The van der Waals surface area contributed by atoms with Crippen molar-refractivity contribution in [3.63, 3.8) is 0 Å². The molecule has 3 aliphatic rings. The number of ether oxygens (including phenoxy) is 2. The molecule has 0 amide bonds. The van der Waals surface area contributed by atoms with Crippen LogP contribution in [0.1, 0.15) is 53.9 Å². The van der Waals surface area contributed by atoms with E-state index in [9.17, 15) is 4.79 Å². The van der Waals surface area contributed by atoms with Gasteiger partial charge in [-0.25, -0.2) is 0 Å². The molecule has 3 nitrogen and oxygen atoms in total. The number of carbonyl (C=O) groups is 1. The second-order valence-electron chi connectivity index (χ2n) is 8.13. The Labute approximate surface area is 122 Å². The molecule has 2 saturated carbocycles. The van der Waals surface area contributed by atoms with Crippen molar-refractivity contribution in [2.45, 2.75) is 66.3 Å². The van der Waals surface area contributed by atoms with Crippen LogP contribution in [0.3, 0.4) is 0 Å². The molecular weight excluding hydrogens is 252 g/mol. The number of hydrogen-bond donors (Lipinski definition) is 0. The van der Waals surface area contributed by atoms with Crippen LogP contribution in [0.15, 0.2) is 0 Å². The minimum absolute atomic E-state index is 0.0463. The van der Waals surface area contributed by atoms with Crippen LogP contribution < -0.4 is 0 Å². The molecule has 1 aliphatic heterocycles. The normalized spacial score (nSPS) is 46.2. The number of cyclic esters (lactones) is 1. The van der Waals surface area contributed by atoms with Crippen LogP contribution >= 0.6 is 0 Å². The van der Waals surface area contributed by atoms with Crippen LogP contribution in [0.25, 0.3) is 0 Å². The Balaban J connectivity index is 1.68. The number of hydrogen-bond acceptors (Lipinski definition) is 3. The summed E-state index contributed by atoms with van der Waals surface area (Å²) in [5, 5.41) is 0. The van der Waals surface area contributed by atoms with Gasteiger partial charge in [0, 0.05) is 5.92 Å². The van der Waals surface area contributed by atoms with Crippen LogP contribution in [-0.4, -0.2) is 18.4 Å². The fourth-order valence-electron chi connectivity index (χ4n) is 4.45. The van der Waals surface area contributed by atoms with Crippen LogP contribution in [0.4, 0.5) is 0 Å². The highest BCUT2D eigenvalue weighted by Gasteiger charge is 2.72. The molecule has 2 aliphatic carbocycles. The van der Waals surface area contributed by atoms with E-state index in [0.717, 1.165) is 12.3 Å². The van der Waals surface area contributed by atoms with Gasteiger partial charge in [0.25, 0.3) is 0 Å². The molecular formula is C17H28O3. The second-order valence-corrected chi connectivity index (χ2v) is 8.13. The summed E-state index contributed by atoms with van der Waals surface area (Å²) in [7, 11) is 0. The summed E-state index contributed by atoms with van der Waals surface area (Å²) in [6, 6.07) is 0. The van der Waals surface area contributed by atoms with Gasteiger partial charge in [-0.05, 0) is 36.0 Å². The highest BCUT2D eigenvalue weighted by Crippen LogP contribution is 2.65. The largest absolute Gasteiger partial charge is 0.435 e. The summed E-state index contributed by atoms with van der Waals surface area (Å²) in [4.78, 5) is 11.9. The van der Waals surface area contributed by atoms with Crippen LogP contribution in [0.5, 0.6) is 0 Å². The smallest absolute Gasteiger partial charge is 0.312 e. The fourth-order valence-corrected chi connectivity index (χ4v) is 4.45. The summed E-state index contributed by atoms with van der Waals surface area (Å²) < 4.78 is 11.8. The Morgan fingerprint density at radius 3 is 2.55 bits per heavy atom. The summed E-state index contributed by atoms with van der Waals surface area (Å²) in [5.74, 6) is 2.26. The molecule has 1 saturated heterocycles. The van der Waals surface area contributed by atoms with E-state index in [0.29, 0.717) is 11.8 Å². The fraction of sp³-hybridized carbons (Fsp3) is 0.941. The van der Waals surface area contributed by atoms with Gasteiger partial charge in [0.15, 0.2) is 0 Å². The maximum atomic E-state index is 11.9. The van der Waals surface area contributed by atoms with Crippen LogP contribution in [0, 0.1) is 35.0 Å².